The topological polar surface area (TPSA) is 61.8 Å². The quantitative estimate of drug-likeness (QED) is 0.580. The fourth-order valence-electron chi connectivity index (χ4n) is 2.08. The van der Waals surface area contributed by atoms with Gasteiger partial charge in [-0.25, -0.2) is 9.59 Å². The minimum Gasteiger partial charge on any atom is -0.491 e. The molecule has 2 aromatic carbocycles. The standard InChI is InChI=1S/C20H22O5/c1-13(2)23-18-7-5-6-16(12-18)20(22)25-17-10-8-15(9-11-17)19(21)24-14(3)4/h5-14H,1-4H3. The Balaban J connectivity index is 2.04. The summed E-state index contributed by atoms with van der Waals surface area (Å²) in [7, 11) is 0. The fourth-order valence-corrected chi connectivity index (χ4v) is 2.08. The van der Waals surface area contributed by atoms with E-state index in [0.29, 0.717) is 22.6 Å². The van der Waals surface area contributed by atoms with E-state index >= 15 is 0 Å². The Hall–Kier alpha value is -2.82. The van der Waals surface area contributed by atoms with Gasteiger partial charge in [-0.2, -0.15) is 0 Å². The molecule has 0 bridgehead atoms. The summed E-state index contributed by atoms with van der Waals surface area (Å²) in [5.41, 5.74) is 0.794. The largest absolute Gasteiger partial charge is 0.491 e. The number of hydrogen-bond donors (Lipinski definition) is 0. The second-order valence-electron chi connectivity index (χ2n) is 6.06. The maximum Gasteiger partial charge on any atom is 0.343 e. The van der Waals surface area contributed by atoms with Crippen LogP contribution < -0.4 is 9.47 Å². The Kier molecular flexibility index (Phi) is 6.17. The molecular formula is C20H22O5. The van der Waals surface area contributed by atoms with Crippen molar-refractivity contribution in [3.8, 4) is 11.5 Å². The maximum atomic E-state index is 12.2. The van der Waals surface area contributed by atoms with E-state index in [9.17, 15) is 9.59 Å². The number of carbonyl (C=O) groups is 2. The summed E-state index contributed by atoms with van der Waals surface area (Å²) in [4.78, 5) is 24.0. The molecule has 0 atom stereocenters. The van der Waals surface area contributed by atoms with E-state index < -0.39 is 11.9 Å². The van der Waals surface area contributed by atoms with Crippen LogP contribution in [0.5, 0.6) is 11.5 Å². The zero-order valence-electron chi connectivity index (χ0n) is 14.8. The molecule has 0 aliphatic rings. The fraction of sp³-hybridized carbons (Fsp3) is 0.300. The van der Waals surface area contributed by atoms with Gasteiger partial charge in [-0.3, -0.25) is 0 Å². The van der Waals surface area contributed by atoms with Crippen LogP contribution in [0.3, 0.4) is 0 Å². The molecular weight excluding hydrogens is 320 g/mol. The number of ether oxygens (including phenoxy) is 3. The number of esters is 2. The van der Waals surface area contributed by atoms with Crippen molar-refractivity contribution in [2.75, 3.05) is 0 Å². The Morgan fingerprint density at radius 3 is 2.04 bits per heavy atom. The lowest BCUT2D eigenvalue weighted by molar-refractivity contribution is 0.0378. The zero-order valence-corrected chi connectivity index (χ0v) is 14.8. The molecule has 0 unspecified atom stereocenters. The predicted octanol–water partition coefficient (Wildman–Crippen LogP) is 4.26. The number of hydrogen-bond acceptors (Lipinski definition) is 5. The van der Waals surface area contributed by atoms with Gasteiger partial charge in [0.1, 0.15) is 11.5 Å². The van der Waals surface area contributed by atoms with E-state index in [-0.39, 0.29) is 12.2 Å². The van der Waals surface area contributed by atoms with E-state index in [4.69, 9.17) is 14.2 Å². The second-order valence-corrected chi connectivity index (χ2v) is 6.06. The SMILES string of the molecule is CC(C)OC(=O)c1ccc(OC(=O)c2cccc(OC(C)C)c2)cc1. The van der Waals surface area contributed by atoms with Gasteiger partial charge in [0.25, 0.3) is 0 Å². The summed E-state index contributed by atoms with van der Waals surface area (Å²) in [6, 6.07) is 13.1. The molecule has 0 radical (unpaired) electrons. The van der Waals surface area contributed by atoms with Gasteiger partial charge in [-0.1, -0.05) is 6.07 Å². The normalized spacial score (nSPS) is 10.6. The van der Waals surface area contributed by atoms with Crippen LogP contribution in [0.15, 0.2) is 48.5 Å². The molecule has 0 saturated heterocycles. The molecule has 5 heteroatoms. The van der Waals surface area contributed by atoms with Crippen molar-refractivity contribution in [2.24, 2.45) is 0 Å². The average Bonchev–Trinajstić information content (AvgIpc) is 2.54. The van der Waals surface area contributed by atoms with Gasteiger partial charge in [-0.05, 0) is 70.2 Å². The highest BCUT2D eigenvalue weighted by Crippen LogP contribution is 2.18. The lowest BCUT2D eigenvalue weighted by atomic mass is 10.2. The molecule has 0 N–H and O–H groups in total. The van der Waals surface area contributed by atoms with Gasteiger partial charge in [-0.15, -0.1) is 0 Å². The van der Waals surface area contributed by atoms with Gasteiger partial charge in [0.05, 0.1) is 23.3 Å². The molecule has 0 amide bonds. The van der Waals surface area contributed by atoms with Crippen LogP contribution in [0.1, 0.15) is 48.4 Å². The van der Waals surface area contributed by atoms with Gasteiger partial charge < -0.3 is 14.2 Å². The molecule has 5 nitrogen and oxygen atoms in total. The Bertz CT molecular complexity index is 732. The third-order valence-electron chi connectivity index (χ3n) is 3.08. The maximum absolute atomic E-state index is 12.2. The minimum atomic E-state index is -0.494. The third kappa shape index (κ3) is 5.64. The molecule has 2 aromatic rings. The molecule has 0 aliphatic carbocycles. The van der Waals surface area contributed by atoms with Crippen LogP contribution >= 0.6 is 0 Å². The Labute approximate surface area is 147 Å². The highest BCUT2D eigenvalue weighted by molar-refractivity contribution is 5.92. The monoisotopic (exact) mass is 342 g/mol. The van der Waals surface area contributed by atoms with E-state index in [2.05, 4.69) is 0 Å². The lowest BCUT2D eigenvalue weighted by Crippen LogP contribution is -2.12. The van der Waals surface area contributed by atoms with Crippen LogP contribution in [0.25, 0.3) is 0 Å². The molecule has 132 valence electrons. The number of rotatable bonds is 6. The molecule has 0 aromatic heterocycles. The van der Waals surface area contributed by atoms with Crippen molar-refractivity contribution in [2.45, 2.75) is 39.9 Å². The first kappa shape index (κ1) is 18.5. The van der Waals surface area contributed by atoms with Crippen molar-refractivity contribution in [1.29, 1.82) is 0 Å². The van der Waals surface area contributed by atoms with Crippen molar-refractivity contribution in [3.63, 3.8) is 0 Å². The first-order valence-corrected chi connectivity index (χ1v) is 8.15. The second kappa shape index (κ2) is 8.33. The summed E-state index contributed by atoms with van der Waals surface area (Å²) in [6.07, 6.45) is -0.172. The van der Waals surface area contributed by atoms with Crippen molar-refractivity contribution in [1.82, 2.24) is 0 Å². The zero-order chi connectivity index (χ0) is 18.4. The molecule has 0 aliphatic heterocycles. The van der Waals surface area contributed by atoms with Gasteiger partial charge in [0.15, 0.2) is 0 Å². The third-order valence-corrected chi connectivity index (χ3v) is 3.08. The van der Waals surface area contributed by atoms with Crippen LogP contribution in [-0.4, -0.2) is 24.1 Å². The van der Waals surface area contributed by atoms with E-state index in [1.54, 1.807) is 62.4 Å². The minimum absolute atomic E-state index is 0.0180. The summed E-state index contributed by atoms with van der Waals surface area (Å²) in [5, 5.41) is 0. The van der Waals surface area contributed by atoms with Gasteiger partial charge in [0.2, 0.25) is 0 Å². The Morgan fingerprint density at radius 2 is 1.44 bits per heavy atom. The van der Waals surface area contributed by atoms with Crippen LogP contribution in [0.4, 0.5) is 0 Å². The first-order chi connectivity index (χ1) is 11.8. The van der Waals surface area contributed by atoms with Gasteiger partial charge >= 0.3 is 11.9 Å². The molecule has 2 rings (SSSR count). The predicted molar refractivity (Wildman–Crippen MR) is 94.2 cm³/mol. The highest BCUT2D eigenvalue weighted by Gasteiger charge is 2.12. The van der Waals surface area contributed by atoms with Crippen molar-refractivity contribution in [3.05, 3.63) is 59.7 Å². The first-order valence-electron chi connectivity index (χ1n) is 8.15. The average molecular weight is 342 g/mol. The van der Waals surface area contributed by atoms with Gasteiger partial charge in [0, 0.05) is 0 Å². The Morgan fingerprint density at radius 1 is 0.760 bits per heavy atom. The number of benzene rings is 2. The highest BCUT2D eigenvalue weighted by atomic mass is 16.5. The summed E-state index contributed by atoms with van der Waals surface area (Å²) in [5.74, 6) is 0.0515. The molecule has 25 heavy (non-hydrogen) atoms. The smallest absolute Gasteiger partial charge is 0.343 e. The van der Waals surface area contributed by atoms with Crippen molar-refractivity contribution >= 4 is 11.9 Å². The molecule has 0 fully saturated rings. The van der Waals surface area contributed by atoms with Crippen LogP contribution in [0, 0.1) is 0 Å². The van der Waals surface area contributed by atoms with Crippen LogP contribution in [0.2, 0.25) is 0 Å². The molecule has 0 spiro atoms. The van der Waals surface area contributed by atoms with E-state index in [0.717, 1.165) is 0 Å². The van der Waals surface area contributed by atoms with Crippen LogP contribution in [-0.2, 0) is 4.74 Å². The molecule has 0 saturated carbocycles. The van der Waals surface area contributed by atoms with E-state index in [1.807, 2.05) is 13.8 Å². The van der Waals surface area contributed by atoms with Crippen molar-refractivity contribution < 1.29 is 23.8 Å². The molecule has 0 heterocycles. The number of carbonyl (C=O) groups excluding carboxylic acids is 2. The van der Waals surface area contributed by atoms with E-state index in [1.165, 1.54) is 0 Å². The summed E-state index contributed by atoms with van der Waals surface area (Å²) in [6.45, 7) is 7.39. The summed E-state index contributed by atoms with van der Waals surface area (Å²) < 4.78 is 16.0. The summed E-state index contributed by atoms with van der Waals surface area (Å²) >= 11 is 0. The lowest BCUT2D eigenvalue weighted by Gasteiger charge is -2.11.